The van der Waals surface area contributed by atoms with Gasteiger partial charge in [-0.2, -0.15) is 0 Å². The van der Waals surface area contributed by atoms with Gasteiger partial charge in [-0.25, -0.2) is 0 Å². The molecule has 0 radical (unpaired) electrons. The number of esters is 1. The summed E-state index contributed by atoms with van der Waals surface area (Å²) in [6.07, 6.45) is 8.46. The number of amides is 1. The van der Waals surface area contributed by atoms with Crippen LogP contribution in [0.3, 0.4) is 0 Å². The first-order valence-corrected chi connectivity index (χ1v) is 23.3. The van der Waals surface area contributed by atoms with Crippen molar-refractivity contribution in [3.63, 3.8) is 0 Å². The maximum Gasteiger partial charge on any atom is 0.316 e. The third-order valence-corrected chi connectivity index (χ3v) is 14.4. The van der Waals surface area contributed by atoms with E-state index >= 15 is 0 Å². The normalized spacial score (nSPS) is 47.4. The fourth-order valence-electron chi connectivity index (χ4n) is 10.9. The Balaban J connectivity index is 1.16. The Morgan fingerprint density at radius 1 is 0.906 bits per heavy atom. The molecule has 0 saturated carbocycles. The summed E-state index contributed by atoms with van der Waals surface area (Å²) in [5.41, 5.74) is 0.112. The highest BCUT2D eigenvalue weighted by molar-refractivity contribution is 5.78. The molecule has 0 aromatic rings. The van der Waals surface area contributed by atoms with Gasteiger partial charge in [0.25, 0.3) is 0 Å². The van der Waals surface area contributed by atoms with Gasteiger partial charge in [0, 0.05) is 58.7 Å². The smallest absolute Gasteiger partial charge is 0.316 e. The van der Waals surface area contributed by atoms with E-state index in [4.69, 9.17) is 47.4 Å². The molecule has 1 aliphatic carbocycles. The van der Waals surface area contributed by atoms with E-state index < -0.39 is 84.7 Å². The highest BCUT2D eigenvalue weighted by Gasteiger charge is 2.60. The summed E-state index contributed by atoms with van der Waals surface area (Å²) in [7, 11) is 3.27. The number of carbonyl (C=O) groups excluding carboxylic acids is 2. The molecule has 15 nitrogen and oxygen atoms in total. The Kier molecular flexibility index (Phi) is 15.5. The van der Waals surface area contributed by atoms with Crippen LogP contribution in [0.5, 0.6) is 0 Å². The summed E-state index contributed by atoms with van der Waals surface area (Å²) >= 11 is 0. The standard InChI is InChI=1S/C49H73NO14/c1-25(2)43-28(5)17-18-48(64-43)23-35-20-34(63-48)16-15-27(4)44(26(3)13-12-14-33-24-57-46-42(52)29(6)19-36(47(53)60-35)49(33,46)54)61-40-22-38(56-11)45(31(8)59-40)62-39-21-37(55-10)41(30(7)58-39)50-32(9)51/h12-15,17-19,25-26,28,30-31,34-46,52,54H,16,20-24H2,1-11H3,(H,50,51)/b13-12+,27-15+,33-14-/t26-,28-,30-,31-,34+,35-,36-,37-,38-,39-,40-,41+,42+,43+,44-,45-,46+,48+,49+/m0/s1. The van der Waals surface area contributed by atoms with Gasteiger partial charge in [-0.1, -0.05) is 64.2 Å². The molecule has 1 spiro atoms. The van der Waals surface area contributed by atoms with Gasteiger partial charge in [0.1, 0.15) is 35.9 Å². The zero-order chi connectivity index (χ0) is 46.2. The molecule has 6 heterocycles. The lowest BCUT2D eigenvalue weighted by Gasteiger charge is -2.48. The summed E-state index contributed by atoms with van der Waals surface area (Å²) in [5.74, 6) is -2.81. The maximum absolute atomic E-state index is 14.3. The second-order valence-corrected chi connectivity index (χ2v) is 19.5. The second-order valence-electron chi connectivity index (χ2n) is 19.5. The molecule has 19 atom stereocenters. The summed E-state index contributed by atoms with van der Waals surface area (Å²) < 4.78 is 64.2. The van der Waals surface area contributed by atoms with E-state index in [0.29, 0.717) is 36.8 Å². The van der Waals surface area contributed by atoms with Gasteiger partial charge >= 0.3 is 5.97 Å². The van der Waals surface area contributed by atoms with E-state index in [0.717, 1.165) is 5.57 Å². The number of nitrogens with one attached hydrogen (secondary N) is 1. The number of methoxy groups -OCH3 is 2. The van der Waals surface area contributed by atoms with Crippen molar-refractivity contribution in [3.8, 4) is 0 Å². The van der Waals surface area contributed by atoms with Gasteiger partial charge in [-0.05, 0) is 62.8 Å². The molecule has 0 aromatic carbocycles. The average molecular weight is 900 g/mol. The Hall–Kier alpha value is -2.80. The third kappa shape index (κ3) is 10.2. The summed E-state index contributed by atoms with van der Waals surface area (Å²) in [6.45, 7) is 17.5. The lowest BCUT2D eigenvalue weighted by atomic mass is 9.71. The second kappa shape index (κ2) is 20.2. The maximum atomic E-state index is 14.3. The third-order valence-electron chi connectivity index (χ3n) is 14.4. The van der Waals surface area contributed by atoms with Gasteiger partial charge < -0.3 is 62.9 Å². The zero-order valence-electron chi connectivity index (χ0n) is 39.5. The van der Waals surface area contributed by atoms with Crippen molar-refractivity contribution in [2.45, 2.75) is 192 Å². The minimum Gasteiger partial charge on any atom is -0.462 e. The van der Waals surface area contributed by atoms with Crippen LogP contribution in [0.4, 0.5) is 0 Å². The number of fused-ring (bicyclic) bond motifs is 2. The van der Waals surface area contributed by atoms with Crippen molar-refractivity contribution in [2.75, 3.05) is 20.8 Å². The molecule has 6 aliphatic heterocycles. The number of carbonyl (C=O) groups is 2. The summed E-state index contributed by atoms with van der Waals surface area (Å²) in [6, 6.07) is -0.314. The number of allylic oxidation sites excluding steroid dienone is 2. The molecular formula is C49H73NO14. The van der Waals surface area contributed by atoms with Crippen LogP contribution >= 0.6 is 0 Å². The largest absolute Gasteiger partial charge is 0.462 e. The van der Waals surface area contributed by atoms with E-state index in [-0.39, 0.29) is 61.0 Å². The van der Waals surface area contributed by atoms with Crippen LogP contribution < -0.4 is 5.32 Å². The fourth-order valence-corrected chi connectivity index (χ4v) is 10.9. The van der Waals surface area contributed by atoms with E-state index in [1.807, 2.05) is 39.0 Å². The minimum atomic E-state index is -1.84. The minimum absolute atomic E-state index is 0.0266. The molecule has 7 aliphatic rings. The van der Waals surface area contributed by atoms with Crippen LogP contribution in [-0.2, 0) is 57.0 Å². The van der Waals surface area contributed by atoms with Crippen molar-refractivity contribution in [1.29, 1.82) is 0 Å². The molecule has 0 unspecified atom stereocenters. The molecule has 3 N–H and O–H groups in total. The molecule has 64 heavy (non-hydrogen) atoms. The van der Waals surface area contributed by atoms with Crippen LogP contribution in [0, 0.1) is 23.7 Å². The number of aliphatic hydroxyl groups excluding tert-OH is 1. The zero-order valence-corrected chi connectivity index (χ0v) is 39.5. The molecule has 4 fully saturated rings. The van der Waals surface area contributed by atoms with Crippen LogP contribution in [0.25, 0.3) is 0 Å². The number of hydrogen-bond acceptors (Lipinski definition) is 14. The van der Waals surface area contributed by atoms with Crippen LogP contribution in [-0.4, -0.2) is 140 Å². The molecule has 4 saturated heterocycles. The Labute approximate surface area is 378 Å². The first-order valence-electron chi connectivity index (χ1n) is 23.3. The first-order chi connectivity index (χ1) is 30.4. The van der Waals surface area contributed by atoms with E-state index in [2.05, 4.69) is 45.2 Å². The average Bonchev–Trinajstić information content (AvgIpc) is 3.58. The lowest BCUT2D eigenvalue weighted by Crippen LogP contribution is -2.58. The lowest BCUT2D eigenvalue weighted by molar-refractivity contribution is -0.311. The van der Waals surface area contributed by atoms with Crippen molar-refractivity contribution in [3.05, 3.63) is 59.3 Å². The predicted molar refractivity (Wildman–Crippen MR) is 234 cm³/mol. The molecule has 2 bridgehead atoms. The highest BCUT2D eigenvalue weighted by Crippen LogP contribution is 2.47. The Bertz CT molecular complexity index is 1830. The van der Waals surface area contributed by atoms with Gasteiger partial charge in [0.15, 0.2) is 18.4 Å². The van der Waals surface area contributed by atoms with Crippen molar-refractivity contribution in [1.82, 2.24) is 5.32 Å². The van der Waals surface area contributed by atoms with Gasteiger partial charge in [-0.15, -0.1) is 0 Å². The van der Waals surface area contributed by atoms with E-state index in [1.54, 1.807) is 33.3 Å². The molecule has 0 aromatic heterocycles. The number of hydrogen-bond donors (Lipinski definition) is 3. The van der Waals surface area contributed by atoms with Gasteiger partial charge in [0.2, 0.25) is 5.91 Å². The first kappa shape index (κ1) is 49.1. The van der Waals surface area contributed by atoms with Gasteiger partial charge in [-0.3, -0.25) is 9.59 Å². The van der Waals surface area contributed by atoms with Crippen molar-refractivity contribution in [2.24, 2.45) is 23.7 Å². The SMILES string of the molecule is CO[C@H]1C[C@H](O[C@H]2[C@H](C)O[C@@H](O[C@@H]3/C(C)=C/C[C@@H]4C[C@@H](C[C@]5(C=C[C@H](C)[C@@H](C(C)C)O5)O4)OC(=O)[C@@H]4C=C(C)[C@@H](O)[C@H]5OC/C(=C/C=C/[C@@H]3C)[C@]54O)C[C@@H]2OC)O[C@@H](C)[C@H]1NC(C)=O. The molecule has 7 rings (SSSR count). The molecular weight excluding hydrogens is 827 g/mol. The summed E-state index contributed by atoms with van der Waals surface area (Å²) in [4.78, 5) is 26.2. The quantitative estimate of drug-likeness (QED) is 0.216. The van der Waals surface area contributed by atoms with Crippen LogP contribution in [0.2, 0.25) is 0 Å². The van der Waals surface area contributed by atoms with E-state index in [1.165, 1.54) is 6.92 Å². The van der Waals surface area contributed by atoms with Crippen LogP contribution in [0.1, 0.15) is 94.4 Å². The number of ether oxygens (including phenoxy) is 10. The number of rotatable bonds is 8. The van der Waals surface area contributed by atoms with Crippen molar-refractivity contribution >= 4 is 11.9 Å². The topological polar surface area (TPSA) is 179 Å². The Morgan fingerprint density at radius 3 is 2.31 bits per heavy atom. The molecule has 358 valence electrons. The van der Waals surface area contributed by atoms with Gasteiger partial charge in [0.05, 0.1) is 55.4 Å². The monoisotopic (exact) mass is 900 g/mol. The van der Waals surface area contributed by atoms with Crippen molar-refractivity contribution < 1.29 is 67.2 Å². The predicted octanol–water partition coefficient (Wildman–Crippen LogP) is 5.13. The molecule has 15 heteroatoms. The fraction of sp³-hybridized carbons (Fsp3) is 0.755. The Morgan fingerprint density at radius 2 is 1.61 bits per heavy atom. The number of aliphatic hydroxyl groups is 2. The molecule has 1 amide bonds. The van der Waals surface area contributed by atoms with E-state index in [9.17, 15) is 19.8 Å². The highest BCUT2D eigenvalue weighted by atomic mass is 16.7. The van der Waals surface area contributed by atoms with Crippen LogP contribution in [0.15, 0.2) is 59.3 Å². The summed E-state index contributed by atoms with van der Waals surface area (Å²) in [5, 5.41) is 26.7.